The second-order valence-electron chi connectivity index (χ2n) is 4.74. The molecule has 4 nitrogen and oxygen atoms in total. The molecule has 0 aliphatic heterocycles. The molecule has 2 aromatic rings. The minimum atomic E-state index is 0.0232. The SMILES string of the molecule is COc1ccccc1CN(C)c1ccc(CO)c(C)n1. The van der Waals surface area contributed by atoms with E-state index in [2.05, 4.69) is 9.88 Å². The molecule has 0 saturated heterocycles. The maximum absolute atomic E-state index is 9.18. The van der Waals surface area contributed by atoms with Crippen LogP contribution >= 0.6 is 0 Å². The van der Waals surface area contributed by atoms with Crippen molar-refractivity contribution in [1.82, 2.24) is 4.98 Å². The van der Waals surface area contributed by atoms with Gasteiger partial charge in [-0.1, -0.05) is 24.3 Å². The van der Waals surface area contributed by atoms with Gasteiger partial charge in [-0.25, -0.2) is 4.98 Å². The number of pyridine rings is 1. The number of aryl methyl sites for hydroxylation is 1. The van der Waals surface area contributed by atoms with Crippen molar-refractivity contribution in [1.29, 1.82) is 0 Å². The summed E-state index contributed by atoms with van der Waals surface area (Å²) in [5, 5.41) is 9.18. The summed E-state index contributed by atoms with van der Waals surface area (Å²) in [7, 11) is 3.67. The fourth-order valence-electron chi connectivity index (χ4n) is 2.13. The van der Waals surface area contributed by atoms with Gasteiger partial charge in [0.15, 0.2) is 0 Å². The van der Waals surface area contributed by atoms with Crippen molar-refractivity contribution in [2.75, 3.05) is 19.1 Å². The lowest BCUT2D eigenvalue weighted by molar-refractivity contribution is 0.280. The Balaban J connectivity index is 2.19. The number of hydrogen-bond donors (Lipinski definition) is 1. The highest BCUT2D eigenvalue weighted by molar-refractivity contribution is 5.43. The predicted octanol–water partition coefficient (Wildman–Crippen LogP) is 2.53. The van der Waals surface area contributed by atoms with Crippen LogP contribution in [0.25, 0.3) is 0 Å². The van der Waals surface area contributed by atoms with Crippen molar-refractivity contribution in [3.8, 4) is 5.75 Å². The van der Waals surface area contributed by atoms with Crippen molar-refractivity contribution in [3.05, 3.63) is 53.2 Å². The Morgan fingerprint density at radius 3 is 2.55 bits per heavy atom. The van der Waals surface area contributed by atoms with Crippen LogP contribution in [0.4, 0.5) is 5.82 Å². The molecular formula is C16H20N2O2. The van der Waals surface area contributed by atoms with Crippen LogP contribution in [-0.4, -0.2) is 24.2 Å². The van der Waals surface area contributed by atoms with Gasteiger partial charge in [0.1, 0.15) is 11.6 Å². The van der Waals surface area contributed by atoms with Crippen LogP contribution in [0.2, 0.25) is 0 Å². The number of para-hydroxylation sites is 1. The molecule has 1 aromatic heterocycles. The number of hydrogen-bond acceptors (Lipinski definition) is 4. The van der Waals surface area contributed by atoms with Crippen LogP contribution in [-0.2, 0) is 13.2 Å². The van der Waals surface area contributed by atoms with Crippen LogP contribution in [0, 0.1) is 6.92 Å². The van der Waals surface area contributed by atoms with Crippen molar-refractivity contribution >= 4 is 5.82 Å². The molecule has 0 atom stereocenters. The van der Waals surface area contributed by atoms with E-state index in [1.54, 1.807) is 7.11 Å². The van der Waals surface area contributed by atoms with E-state index in [4.69, 9.17) is 4.74 Å². The lowest BCUT2D eigenvalue weighted by Crippen LogP contribution is -2.18. The molecule has 0 aliphatic rings. The summed E-state index contributed by atoms with van der Waals surface area (Å²) in [6.45, 7) is 2.65. The number of benzene rings is 1. The Bertz CT molecular complexity index is 584. The topological polar surface area (TPSA) is 45.6 Å². The third kappa shape index (κ3) is 3.08. The first-order chi connectivity index (χ1) is 9.65. The third-order valence-electron chi connectivity index (χ3n) is 3.34. The second kappa shape index (κ2) is 6.39. The van der Waals surface area contributed by atoms with E-state index in [9.17, 15) is 5.11 Å². The lowest BCUT2D eigenvalue weighted by Gasteiger charge is -2.20. The van der Waals surface area contributed by atoms with Gasteiger partial charge >= 0.3 is 0 Å². The molecule has 20 heavy (non-hydrogen) atoms. The molecule has 0 fully saturated rings. The summed E-state index contributed by atoms with van der Waals surface area (Å²) < 4.78 is 5.36. The maximum atomic E-state index is 9.18. The minimum absolute atomic E-state index is 0.0232. The van der Waals surface area contributed by atoms with Gasteiger partial charge in [-0.15, -0.1) is 0 Å². The molecule has 1 N–H and O–H groups in total. The van der Waals surface area contributed by atoms with Crippen molar-refractivity contribution in [2.24, 2.45) is 0 Å². The molecule has 0 spiro atoms. The highest BCUT2D eigenvalue weighted by atomic mass is 16.5. The number of aliphatic hydroxyl groups excluding tert-OH is 1. The van der Waals surface area contributed by atoms with Gasteiger partial charge in [-0.2, -0.15) is 0 Å². The number of nitrogens with zero attached hydrogens (tertiary/aromatic N) is 2. The second-order valence-corrected chi connectivity index (χ2v) is 4.74. The molecule has 0 saturated carbocycles. The minimum Gasteiger partial charge on any atom is -0.496 e. The summed E-state index contributed by atoms with van der Waals surface area (Å²) in [5.41, 5.74) is 2.83. The molecule has 106 valence electrons. The Hall–Kier alpha value is -2.07. The van der Waals surface area contributed by atoms with E-state index in [0.29, 0.717) is 0 Å². The summed E-state index contributed by atoms with van der Waals surface area (Å²) in [4.78, 5) is 6.58. The first-order valence-electron chi connectivity index (χ1n) is 6.56. The monoisotopic (exact) mass is 272 g/mol. The number of ether oxygens (including phenoxy) is 1. The lowest BCUT2D eigenvalue weighted by atomic mass is 10.2. The van der Waals surface area contributed by atoms with E-state index in [1.807, 2.05) is 50.4 Å². The van der Waals surface area contributed by atoms with E-state index < -0.39 is 0 Å². The molecule has 0 aliphatic carbocycles. The maximum Gasteiger partial charge on any atom is 0.128 e. The van der Waals surface area contributed by atoms with Gasteiger partial charge in [0, 0.05) is 24.8 Å². The summed E-state index contributed by atoms with van der Waals surface area (Å²) in [5.74, 6) is 1.76. The molecule has 0 bridgehead atoms. The van der Waals surface area contributed by atoms with E-state index in [1.165, 1.54) is 0 Å². The molecular weight excluding hydrogens is 252 g/mol. The number of aromatic nitrogens is 1. The third-order valence-corrected chi connectivity index (χ3v) is 3.34. The fourth-order valence-corrected chi connectivity index (χ4v) is 2.13. The van der Waals surface area contributed by atoms with Gasteiger partial charge in [-0.3, -0.25) is 0 Å². The summed E-state index contributed by atoms with van der Waals surface area (Å²) in [6.07, 6.45) is 0. The van der Waals surface area contributed by atoms with E-state index >= 15 is 0 Å². The van der Waals surface area contributed by atoms with Crippen LogP contribution in [0.1, 0.15) is 16.8 Å². The Morgan fingerprint density at radius 1 is 1.15 bits per heavy atom. The van der Waals surface area contributed by atoms with Gasteiger partial charge in [0.2, 0.25) is 0 Å². The Labute approximate surface area is 119 Å². The quantitative estimate of drug-likeness (QED) is 0.908. The molecule has 1 heterocycles. The average Bonchev–Trinajstić information content (AvgIpc) is 2.47. The largest absolute Gasteiger partial charge is 0.496 e. The van der Waals surface area contributed by atoms with Crippen molar-refractivity contribution < 1.29 is 9.84 Å². The molecule has 0 unspecified atom stereocenters. The average molecular weight is 272 g/mol. The van der Waals surface area contributed by atoms with Crippen LogP contribution in [0.15, 0.2) is 36.4 Å². The highest BCUT2D eigenvalue weighted by Gasteiger charge is 2.09. The first-order valence-corrected chi connectivity index (χ1v) is 6.56. The van der Waals surface area contributed by atoms with Gasteiger partial charge in [0.05, 0.1) is 13.7 Å². The van der Waals surface area contributed by atoms with Gasteiger partial charge < -0.3 is 14.7 Å². The van der Waals surface area contributed by atoms with Gasteiger partial charge in [-0.05, 0) is 24.6 Å². The zero-order chi connectivity index (χ0) is 14.5. The number of aliphatic hydroxyl groups is 1. The summed E-state index contributed by atoms with van der Waals surface area (Å²) in [6, 6.07) is 11.8. The molecule has 0 amide bonds. The number of rotatable bonds is 5. The van der Waals surface area contributed by atoms with Crippen molar-refractivity contribution in [2.45, 2.75) is 20.1 Å². The van der Waals surface area contributed by atoms with E-state index in [-0.39, 0.29) is 6.61 Å². The molecule has 2 rings (SSSR count). The molecule has 1 aromatic carbocycles. The van der Waals surface area contributed by atoms with Crippen LogP contribution in [0.5, 0.6) is 5.75 Å². The standard InChI is InChI=1S/C16H20N2O2/c1-12-14(11-19)8-9-16(17-12)18(2)10-13-6-4-5-7-15(13)20-3/h4-9,19H,10-11H2,1-3H3. The normalized spacial score (nSPS) is 10.4. The van der Waals surface area contributed by atoms with Crippen molar-refractivity contribution in [3.63, 3.8) is 0 Å². The highest BCUT2D eigenvalue weighted by Crippen LogP contribution is 2.21. The zero-order valence-corrected chi connectivity index (χ0v) is 12.1. The predicted molar refractivity (Wildman–Crippen MR) is 80.0 cm³/mol. The molecule has 4 heteroatoms. The Kier molecular flexibility index (Phi) is 4.58. The van der Waals surface area contributed by atoms with E-state index in [0.717, 1.165) is 34.9 Å². The summed E-state index contributed by atoms with van der Waals surface area (Å²) >= 11 is 0. The smallest absolute Gasteiger partial charge is 0.128 e. The zero-order valence-electron chi connectivity index (χ0n) is 12.1. The number of methoxy groups -OCH3 is 1. The van der Waals surface area contributed by atoms with Crippen LogP contribution in [0.3, 0.4) is 0 Å². The number of anilines is 1. The first kappa shape index (κ1) is 14.3. The Morgan fingerprint density at radius 2 is 1.90 bits per heavy atom. The molecule has 0 radical (unpaired) electrons. The van der Waals surface area contributed by atoms with Gasteiger partial charge in [0.25, 0.3) is 0 Å². The fraction of sp³-hybridized carbons (Fsp3) is 0.312. The van der Waals surface area contributed by atoms with Crippen LogP contribution < -0.4 is 9.64 Å².